The number of nitro groups is 1. The number of hydrazine groups is 1. The number of hydrogen-bond donors (Lipinski definition) is 2. The first-order valence-electron chi connectivity index (χ1n) is 5.98. The summed E-state index contributed by atoms with van der Waals surface area (Å²) in [6.45, 7) is 0. The first kappa shape index (κ1) is 16.8. The standard InChI is InChI=1S/C12H9ClN4O5S/c13-11-6-5-8(7-14-11)23(21,22)16-15-12(18)9-3-1-2-4-10(9)17(19)20/h1-7,16H,(H,15,18). The zero-order chi connectivity index (χ0) is 17.0. The third kappa shape index (κ3) is 4.00. The number of rotatable bonds is 5. The summed E-state index contributed by atoms with van der Waals surface area (Å²) in [5, 5.41) is 11.0. The van der Waals surface area contributed by atoms with Gasteiger partial charge in [0.2, 0.25) is 0 Å². The van der Waals surface area contributed by atoms with Crippen LogP contribution in [-0.4, -0.2) is 24.2 Å². The van der Waals surface area contributed by atoms with E-state index >= 15 is 0 Å². The second kappa shape index (κ2) is 6.69. The Morgan fingerprint density at radius 3 is 2.52 bits per heavy atom. The van der Waals surface area contributed by atoms with Crippen molar-refractivity contribution < 1.29 is 18.1 Å². The molecule has 1 heterocycles. The molecule has 11 heteroatoms. The minimum Gasteiger partial charge on any atom is -0.273 e. The van der Waals surface area contributed by atoms with Crippen molar-refractivity contribution >= 4 is 33.2 Å². The number of hydrogen-bond acceptors (Lipinski definition) is 6. The molecule has 0 saturated carbocycles. The lowest BCUT2D eigenvalue weighted by Crippen LogP contribution is -2.41. The van der Waals surface area contributed by atoms with Crippen LogP contribution in [0, 0.1) is 10.1 Å². The molecule has 1 aromatic heterocycles. The van der Waals surface area contributed by atoms with Gasteiger partial charge in [0, 0.05) is 12.3 Å². The molecular weight excluding hydrogens is 348 g/mol. The quantitative estimate of drug-likeness (QED) is 0.471. The summed E-state index contributed by atoms with van der Waals surface area (Å²) >= 11 is 5.56. The molecule has 0 spiro atoms. The highest BCUT2D eigenvalue weighted by atomic mass is 35.5. The van der Waals surface area contributed by atoms with E-state index in [0.29, 0.717) is 0 Å². The molecule has 2 N–H and O–H groups in total. The number of halogens is 1. The van der Waals surface area contributed by atoms with Crippen LogP contribution >= 0.6 is 11.6 Å². The molecule has 0 bridgehead atoms. The van der Waals surface area contributed by atoms with E-state index in [1.807, 2.05) is 10.3 Å². The van der Waals surface area contributed by atoms with E-state index in [-0.39, 0.29) is 15.6 Å². The first-order chi connectivity index (χ1) is 10.8. The number of para-hydroxylation sites is 1. The van der Waals surface area contributed by atoms with Gasteiger partial charge in [-0.15, -0.1) is 4.83 Å². The predicted molar refractivity (Wildman–Crippen MR) is 80.1 cm³/mol. The van der Waals surface area contributed by atoms with E-state index in [1.54, 1.807) is 0 Å². The maximum atomic E-state index is 12.0. The highest BCUT2D eigenvalue weighted by molar-refractivity contribution is 7.89. The van der Waals surface area contributed by atoms with Crippen LogP contribution in [0.5, 0.6) is 0 Å². The molecule has 0 atom stereocenters. The van der Waals surface area contributed by atoms with Crippen molar-refractivity contribution in [1.82, 2.24) is 15.2 Å². The Balaban J connectivity index is 2.16. The lowest BCUT2D eigenvalue weighted by Gasteiger charge is -2.08. The van der Waals surface area contributed by atoms with Crippen molar-refractivity contribution in [3.63, 3.8) is 0 Å². The van der Waals surface area contributed by atoms with Crippen LogP contribution in [0.1, 0.15) is 10.4 Å². The fraction of sp³-hybridized carbons (Fsp3) is 0. The van der Waals surface area contributed by atoms with Gasteiger partial charge < -0.3 is 0 Å². The van der Waals surface area contributed by atoms with Crippen LogP contribution < -0.4 is 10.3 Å². The minimum absolute atomic E-state index is 0.105. The van der Waals surface area contributed by atoms with Gasteiger partial charge in [0.15, 0.2) is 0 Å². The Labute approximate surface area is 135 Å². The Morgan fingerprint density at radius 1 is 1.22 bits per heavy atom. The highest BCUT2D eigenvalue weighted by Crippen LogP contribution is 2.17. The van der Waals surface area contributed by atoms with E-state index in [9.17, 15) is 23.3 Å². The van der Waals surface area contributed by atoms with E-state index < -0.39 is 26.5 Å². The molecule has 0 aliphatic rings. The van der Waals surface area contributed by atoms with Crippen LogP contribution in [0.2, 0.25) is 5.15 Å². The zero-order valence-electron chi connectivity index (χ0n) is 11.3. The second-order valence-electron chi connectivity index (χ2n) is 4.15. The molecule has 0 fully saturated rings. The lowest BCUT2D eigenvalue weighted by atomic mass is 10.2. The number of nitrogens with zero attached hydrogens (tertiary/aromatic N) is 2. The Hall–Kier alpha value is -2.56. The van der Waals surface area contributed by atoms with E-state index in [4.69, 9.17) is 11.6 Å². The number of carbonyl (C=O) groups is 1. The van der Waals surface area contributed by atoms with E-state index in [2.05, 4.69) is 4.98 Å². The van der Waals surface area contributed by atoms with Gasteiger partial charge in [0.25, 0.3) is 21.6 Å². The number of benzene rings is 1. The van der Waals surface area contributed by atoms with Gasteiger partial charge in [-0.05, 0) is 18.2 Å². The monoisotopic (exact) mass is 356 g/mol. The number of pyridine rings is 1. The summed E-state index contributed by atoms with van der Waals surface area (Å²) in [5.74, 6) is -0.970. The van der Waals surface area contributed by atoms with Crippen LogP contribution in [-0.2, 0) is 10.0 Å². The highest BCUT2D eigenvalue weighted by Gasteiger charge is 2.21. The minimum atomic E-state index is -4.09. The van der Waals surface area contributed by atoms with Gasteiger partial charge in [-0.1, -0.05) is 23.7 Å². The van der Waals surface area contributed by atoms with Crippen LogP contribution in [0.3, 0.4) is 0 Å². The maximum Gasteiger partial charge on any atom is 0.282 e. The predicted octanol–water partition coefficient (Wildman–Crippen LogP) is 1.27. The molecule has 23 heavy (non-hydrogen) atoms. The van der Waals surface area contributed by atoms with Crippen molar-refractivity contribution in [1.29, 1.82) is 0 Å². The van der Waals surface area contributed by atoms with E-state index in [0.717, 1.165) is 12.3 Å². The van der Waals surface area contributed by atoms with Crippen molar-refractivity contribution in [2.45, 2.75) is 4.90 Å². The van der Waals surface area contributed by atoms with Gasteiger partial charge in [0.1, 0.15) is 15.6 Å². The molecule has 120 valence electrons. The number of amides is 1. The topological polar surface area (TPSA) is 131 Å². The Bertz CT molecular complexity index is 854. The maximum absolute atomic E-state index is 12.0. The molecule has 0 saturated heterocycles. The third-order valence-electron chi connectivity index (χ3n) is 2.65. The van der Waals surface area contributed by atoms with E-state index in [1.165, 1.54) is 30.3 Å². The SMILES string of the molecule is O=C(NNS(=O)(=O)c1ccc(Cl)nc1)c1ccccc1[N+](=O)[O-]. The molecule has 2 aromatic rings. The van der Waals surface area contributed by atoms with Crippen LogP contribution in [0.4, 0.5) is 5.69 Å². The summed E-state index contributed by atoms with van der Waals surface area (Å²) in [5.41, 5.74) is 1.18. The summed E-state index contributed by atoms with van der Waals surface area (Å²) in [6, 6.07) is 7.59. The van der Waals surface area contributed by atoms with Crippen molar-refractivity contribution in [2.24, 2.45) is 0 Å². The van der Waals surface area contributed by atoms with Crippen molar-refractivity contribution in [3.05, 3.63) is 63.4 Å². The number of sulfonamides is 1. The van der Waals surface area contributed by atoms with Gasteiger partial charge >= 0.3 is 0 Å². The van der Waals surface area contributed by atoms with Crippen molar-refractivity contribution in [3.8, 4) is 0 Å². The van der Waals surface area contributed by atoms with Gasteiger partial charge in [-0.2, -0.15) is 0 Å². The van der Waals surface area contributed by atoms with Crippen LogP contribution in [0.15, 0.2) is 47.5 Å². The summed E-state index contributed by atoms with van der Waals surface area (Å²) in [7, 11) is -4.09. The molecule has 0 radical (unpaired) electrons. The summed E-state index contributed by atoms with van der Waals surface area (Å²) in [6.07, 6.45) is 1.00. The largest absolute Gasteiger partial charge is 0.282 e. The van der Waals surface area contributed by atoms with Gasteiger partial charge in [-0.3, -0.25) is 20.3 Å². The normalized spacial score (nSPS) is 11.0. The summed E-state index contributed by atoms with van der Waals surface area (Å²) < 4.78 is 23.9. The average molecular weight is 357 g/mol. The number of carbonyl (C=O) groups excluding carboxylic acids is 1. The molecule has 1 aromatic carbocycles. The fourth-order valence-electron chi connectivity index (χ4n) is 1.59. The van der Waals surface area contributed by atoms with Gasteiger partial charge in [-0.25, -0.2) is 13.4 Å². The Kier molecular flexibility index (Phi) is 4.89. The fourth-order valence-corrected chi connectivity index (χ4v) is 2.48. The molecule has 9 nitrogen and oxygen atoms in total. The first-order valence-corrected chi connectivity index (χ1v) is 7.84. The van der Waals surface area contributed by atoms with Crippen LogP contribution in [0.25, 0.3) is 0 Å². The number of nitro benzene ring substituents is 1. The smallest absolute Gasteiger partial charge is 0.273 e. The number of nitrogens with one attached hydrogen (secondary N) is 2. The zero-order valence-corrected chi connectivity index (χ0v) is 12.8. The molecule has 1 amide bonds. The Morgan fingerprint density at radius 2 is 1.91 bits per heavy atom. The molecule has 0 aliphatic carbocycles. The van der Waals surface area contributed by atoms with Crippen molar-refractivity contribution in [2.75, 3.05) is 0 Å². The molecular formula is C12H9ClN4O5S. The molecule has 0 unspecified atom stereocenters. The lowest BCUT2D eigenvalue weighted by molar-refractivity contribution is -0.385. The summed E-state index contributed by atoms with van der Waals surface area (Å²) in [4.78, 5) is 27.2. The number of aromatic nitrogens is 1. The third-order valence-corrected chi connectivity index (χ3v) is 4.11. The van der Waals surface area contributed by atoms with Gasteiger partial charge in [0.05, 0.1) is 4.92 Å². The average Bonchev–Trinajstić information content (AvgIpc) is 2.53. The molecule has 2 rings (SSSR count). The molecule has 0 aliphatic heterocycles. The second-order valence-corrected chi connectivity index (χ2v) is 6.22.